The maximum Gasteiger partial charge on any atom is 0.232 e. The molecule has 136 valence electrons. The molecule has 0 atom stereocenters. The molecule has 3 aromatic rings. The van der Waals surface area contributed by atoms with Crippen LogP contribution in [0.2, 0.25) is 5.15 Å². The number of hydrogen-bond acceptors (Lipinski definition) is 5. The summed E-state index contributed by atoms with van der Waals surface area (Å²) in [7, 11) is 3.35. The van der Waals surface area contributed by atoms with Crippen molar-refractivity contribution in [3.63, 3.8) is 0 Å². The maximum atomic E-state index is 12.5. The van der Waals surface area contributed by atoms with E-state index in [1.807, 2.05) is 45.0 Å². The molecule has 0 spiro atoms. The Kier molecular flexibility index (Phi) is 4.90. The Hall–Kier alpha value is -2.18. The van der Waals surface area contributed by atoms with Crippen LogP contribution in [0.1, 0.15) is 20.8 Å². The van der Waals surface area contributed by atoms with Crippen molar-refractivity contribution in [1.82, 2.24) is 9.97 Å². The van der Waals surface area contributed by atoms with E-state index in [1.165, 1.54) is 11.3 Å². The van der Waals surface area contributed by atoms with E-state index in [0.29, 0.717) is 11.4 Å². The number of fused-ring (bicyclic) bond motifs is 1. The van der Waals surface area contributed by atoms with Crippen LogP contribution in [0.5, 0.6) is 5.75 Å². The average molecular weight is 390 g/mol. The topological polar surface area (TPSA) is 55.3 Å². The third kappa shape index (κ3) is 3.52. The average Bonchev–Trinajstić information content (AvgIpc) is 3.02. The van der Waals surface area contributed by atoms with Crippen molar-refractivity contribution in [2.45, 2.75) is 20.8 Å². The Morgan fingerprint density at radius 1 is 1.19 bits per heavy atom. The van der Waals surface area contributed by atoms with Crippen LogP contribution in [0.3, 0.4) is 0 Å². The summed E-state index contributed by atoms with van der Waals surface area (Å²) in [4.78, 5) is 23.1. The van der Waals surface area contributed by atoms with Gasteiger partial charge in [0, 0.05) is 12.5 Å². The van der Waals surface area contributed by atoms with Crippen molar-refractivity contribution in [1.29, 1.82) is 0 Å². The first kappa shape index (κ1) is 18.6. The molecule has 1 amide bonds. The van der Waals surface area contributed by atoms with Gasteiger partial charge >= 0.3 is 0 Å². The number of halogens is 1. The number of methoxy groups -OCH3 is 1. The van der Waals surface area contributed by atoms with Crippen molar-refractivity contribution in [2.75, 3.05) is 19.1 Å². The largest absolute Gasteiger partial charge is 0.497 e. The number of pyridine rings is 1. The van der Waals surface area contributed by atoms with Gasteiger partial charge in [0.05, 0.1) is 23.0 Å². The van der Waals surface area contributed by atoms with Crippen molar-refractivity contribution in [3.05, 3.63) is 35.5 Å². The summed E-state index contributed by atoms with van der Waals surface area (Å²) < 4.78 is 6.27. The lowest BCUT2D eigenvalue weighted by Crippen LogP contribution is -2.36. The van der Waals surface area contributed by atoms with Crippen LogP contribution in [0.25, 0.3) is 20.9 Å². The van der Waals surface area contributed by atoms with Gasteiger partial charge in [-0.05, 0) is 30.3 Å². The minimum atomic E-state index is -0.497. The summed E-state index contributed by atoms with van der Waals surface area (Å²) in [6.45, 7) is 5.62. The number of benzene rings is 1. The monoisotopic (exact) mass is 389 g/mol. The van der Waals surface area contributed by atoms with Gasteiger partial charge in [0.25, 0.3) is 0 Å². The molecule has 26 heavy (non-hydrogen) atoms. The Balaban J connectivity index is 1.96. The third-order valence-electron chi connectivity index (χ3n) is 3.95. The van der Waals surface area contributed by atoms with Crippen LogP contribution in [-0.2, 0) is 4.79 Å². The van der Waals surface area contributed by atoms with Gasteiger partial charge in [-0.2, -0.15) is 0 Å². The normalized spacial score (nSPS) is 11.6. The highest BCUT2D eigenvalue weighted by molar-refractivity contribution is 7.21. The number of carbonyl (C=O) groups excluding carboxylic acids is 1. The second kappa shape index (κ2) is 6.85. The molecule has 0 N–H and O–H groups in total. The molecule has 7 heteroatoms. The van der Waals surface area contributed by atoms with E-state index in [-0.39, 0.29) is 11.1 Å². The van der Waals surface area contributed by atoms with Crippen molar-refractivity contribution in [3.8, 4) is 16.5 Å². The van der Waals surface area contributed by atoms with Gasteiger partial charge in [-0.25, -0.2) is 9.97 Å². The van der Waals surface area contributed by atoms with Gasteiger partial charge in [0.1, 0.15) is 16.5 Å². The zero-order chi connectivity index (χ0) is 19.1. The Morgan fingerprint density at radius 3 is 2.54 bits per heavy atom. The molecule has 3 rings (SSSR count). The number of ether oxygens (including phenoxy) is 1. The molecule has 2 heterocycles. The molecule has 0 aliphatic heterocycles. The fraction of sp³-hybridized carbons (Fsp3) is 0.316. The van der Waals surface area contributed by atoms with E-state index >= 15 is 0 Å². The molecule has 2 aromatic heterocycles. The van der Waals surface area contributed by atoms with Crippen LogP contribution >= 0.6 is 22.9 Å². The molecule has 0 aliphatic carbocycles. The van der Waals surface area contributed by atoms with Crippen molar-refractivity contribution >= 4 is 44.7 Å². The minimum Gasteiger partial charge on any atom is -0.497 e. The Labute approximate surface area is 161 Å². The highest BCUT2D eigenvalue weighted by Crippen LogP contribution is 2.34. The van der Waals surface area contributed by atoms with Crippen molar-refractivity contribution in [2.24, 2.45) is 5.41 Å². The van der Waals surface area contributed by atoms with E-state index in [1.54, 1.807) is 25.1 Å². The molecule has 0 saturated heterocycles. The lowest BCUT2D eigenvalue weighted by Gasteiger charge is -2.26. The quantitative estimate of drug-likeness (QED) is 0.589. The fourth-order valence-electron chi connectivity index (χ4n) is 2.55. The van der Waals surface area contributed by atoms with Crippen LogP contribution in [-0.4, -0.2) is 30.0 Å². The molecule has 5 nitrogen and oxygen atoms in total. The number of thiazole rings is 1. The van der Waals surface area contributed by atoms with Gasteiger partial charge in [0.15, 0.2) is 5.15 Å². The maximum absolute atomic E-state index is 12.5. The second-order valence-electron chi connectivity index (χ2n) is 6.97. The number of rotatable bonds is 3. The van der Waals surface area contributed by atoms with E-state index in [4.69, 9.17) is 16.3 Å². The van der Waals surface area contributed by atoms with Gasteiger partial charge < -0.3 is 9.64 Å². The molecular formula is C19H20ClN3O2S. The summed E-state index contributed by atoms with van der Waals surface area (Å²) in [5.41, 5.74) is 1.64. The standard InChI is InChI=1S/C19H20ClN3O2S/c1-19(2,3)18(24)23(4)14-9-8-13(21-16(14)20)17-22-12-7-6-11(25-5)10-15(12)26-17/h6-10H,1-5H3. The number of anilines is 1. The number of aromatic nitrogens is 2. The molecule has 1 aromatic carbocycles. The lowest BCUT2D eigenvalue weighted by atomic mass is 9.95. The van der Waals surface area contributed by atoms with E-state index in [9.17, 15) is 4.79 Å². The molecular weight excluding hydrogens is 370 g/mol. The minimum absolute atomic E-state index is 0.0268. The van der Waals surface area contributed by atoms with E-state index < -0.39 is 5.41 Å². The zero-order valence-corrected chi connectivity index (χ0v) is 16.9. The molecule has 0 saturated carbocycles. The summed E-state index contributed by atoms with van der Waals surface area (Å²) >= 11 is 7.89. The number of carbonyl (C=O) groups is 1. The number of amides is 1. The SMILES string of the molecule is COc1ccc2nc(-c3ccc(N(C)C(=O)C(C)(C)C)c(Cl)n3)sc2c1. The molecule has 0 fully saturated rings. The molecule has 0 bridgehead atoms. The van der Waals surface area contributed by atoms with Gasteiger partial charge in [0.2, 0.25) is 5.91 Å². The molecule has 0 radical (unpaired) electrons. The van der Waals surface area contributed by atoms with Gasteiger partial charge in [-0.3, -0.25) is 4.79 Å². The Bertz CT molecular complexity index is 979. The number of nitrogens with zero attached hydrogens (tertiary/aromatic N) is 3. The summed E-state index contributed by atoms with van der Waals surface area (Å²) in [5, 5.41) is 1.05. The summed E-state index contributed by atoms with van der Waals surface area (Å²) in [5.74, 6) is 0.761. The number of hydrogen-bond donors (Lipinski definition) is 0. The van der Waals surface area contributed by atoms with Crippen LogP contribution in [0.4, 0.5) is 5.69 Å². The van der Waals surface area contributed by atoms with E-state index in [2.05, 4.69) is 9.97 Å². The fourth-order valence-corrected chi connectivity index (χ4v) is 3.79. The van der Waals surface area contributed by atoms with Crippen LogP contribution in [0, 0.1) is 5.41 Å². The zero-order valence-electron chi connectivity index (χ0n) is 15.3. The third-order valence-corrected chi connectivity index (χ3v) is 5.27. The van der Waals surface area contributed by atoms with Crippen molar-refractivity contribution < 1.29 is 9.53 Å². The predicted molar refractivity (Wildman–Crippen MR) is 107 cm³/mol. The highest BCUT2D eigenvalue weighted by Gasteiger charge is 2.27. The lowest BCUT2D eigenvalue weighted by molar-refractivity contribution is -0.125. The first-order valence-electron chi connectivity index (χ1n) is 8.10. The smallest absolute Gasteiger partial charge is 0.232 e. The van der Waals surface area contributed by atoms with E-state index in [0.717, 1.165) is 21.0 Å². The molecule has 0 aliphatic rings. The first-order chi connectivity index (χ1) is 12.2. The highest BCUT2D eigenvalue weighted by atomic mass is 35.5. The molecule has 0 unspecified atom stereocenters. The van der Waals surface area contributed by atoms with Crippen LogP contribution in [0.15, 0.2) is 30.3 Å². The second-order valence-corrected chi connectivity index (χ2v) is 8.36. The van der Waals surface area contributed by atoms with Gasteiger partial charge in [-0.15, -0.1) is 11.3 Å². The van der Waals surface area contributed by atoms with Gasteiger partial charge in [-0.1, -0.05) is 32.4 Å². The first-order valence-corrected chi connectivity index (χ1v) is 9.30. The summed E-state index contributed by atoms with van der Waals surface area (Å²) in [6, 6.07) is 9.38. The predicted octanol–water partition coefficient (Wildman–Crippen LogP) is 5.03. The summed E-state index contributed by atoms with van der Waals surface area (Å²) in [6.07, 6.45) is 0. The Morgan fingerprint density at radius 2 is 1.92 bits per heavy atom. The van der Waals surface area contributed by atoms with Crippen LogP contribution < -0.4 is 9.64 Å².